The van der Waals surface area contributed by atoms with E-state index in [1.165, 1.54) is 0 Å². The molecule has 32 heavy (non-hydrogen) atoms. The molecule has 0 aromatic heterocycles. The van der Waals surface area contributed by atoms with Gasteiger partial charge in [-0.15, -0.1) is 0 Å². The van der Waals surface area contributed by atoms with Crippen LogP contribution in [-0.4, -0.2) is 55.9 Å². The van der Waals surface area contributed by atoms with Crippen LogP contribution in [0.5, 0.6) is 5.75 Å². The molecule has 0 fully saturated rings. The molecule has 2 aromatic rings. The second kappa shape index (κ2) is 13.5. The Morgan fingerprint density at radius 2 is 1.66 bits per heavy atom. The molecule has 0 spiro atoms. The number of nitrogens with zero attached hydrogens (tertiary/aromatic N) is 1. The number of amides is 1. The Labute approximate surface area is 190 Å². The normalized spacial score (nSPS) is 11.1. The third kappa shape index (κ3) is 10.4. The van der Waals surface area contributed by atoms with Crippen LogP contribution in [0.15, 0.2) is 54.6 Å². The molecule has 7 nitrogen and oxygen atoms in total. The van der Waals surface area contributed by atoms with Gasteiger partial charge in [0.2, 0.25) is 0 Å². The lowest BCUT2D eigenvalue weighted by atomic mass is 10.2. The van der Waals surface area contributed by atoms with E-state index in [1.54, 1.807) is 4.90 Å². The van der Waals surface area contributed by atoms with Crippen molar-refractivity contribution in [2.75, 3.05) is 33.0 Å². The van der Waals surface area contributed by atoms with Crippen molar-refractivity contribution in [3.8, 4) is 5.75 Å². The largest absolute Gasteiger partial charge is 0.489 e. The van der Waals surface area contributed by atoms with E-state index >= 15 is 0 Å². The van der Waals surface area contributed by atoms with E-state index in [4.69, 9.17) is 18.9 Å². The zero-order valence-electron chi connectivity index (χ0n) is 19.1. The number of hydrogen-bond acceptors (Lipinski definition) is 6. The lowest BCUT2D eigenvalue weighted by Crippen LogP contribution is -2.38. The van der Waals surface area contributed by atoms with Crippen LogP contribution in [0.3, 0.4) is 0 Å². The van der Waals surface area contributed by atoms with Gasteiger partial charge in [-0.2, -0.15) is 0 Å². The summed E-state index contributed by atoms with van der Waals surface area (Å²) in [6, 6.07) is 17.6. The van der Waals surface area contributed by atoms with Gasteiger partial charge in [0.15, 0.2) is 0 Å². The predicted molar refractivity (Wildman–Crippen MR) is 122 cm³/mol. The van der Waals surface area contributed by atoms with Crippen molar-refractivity contribution in [3.63, 3.8) is 0 Å². The lowest BCUT2D eigenvalue weighted by molar-refractivity contribution is -0.112. The molecule has 0 unspecified atom stereocenters. The first kappa shape index (κ1) is 25.4. The molecule has 0 N–H and O–H groups in total. The minimum Gasteiger partial charge on any atom is -0.489 e. The van der Waals surface area contributed by atoms with Gasteiger partial charge in [-0.3, -0.25) is 0 Å². The van der Waals surface area contributed by atoms with E-state index in [9.17, 15) is 9.59 Å². The summed E-state index contributed by atoms with van der Waals surface area (Å²) in [6.07, 6.45) is 0.288. The first-order valence-corrected chi connectivity index (χ1v) is 10.7. The average Bonchev–Trinajstić information content (AvgIpc) is 2.76. The second-order valence-corrected chi connectivity index (χ2v) is 8.18. The maximum absolute atomic E-state index is 12.7. The van der Waals surface area contributed by atoms with E-state index in [1.807, 2.05) is 75.4 Å². The van der Waals surface area contributed by atoms with Crippen molar-refractivity contribution in [1.29, 1.82) is 0 Å². The third-order valence-electron chi connectivity index (χ3n) is 4.24. The number of benzene rings is 2. The van der Waals surface area contributed by atoms with Crippen molar-refractivity contribution in [3.05, 3.63) is 65.7 Å². The summed E-state index contributed by atoms with van der Waals surface area (Å²) in [5.41, 5.74) is 1.41. The summed E-state index contributed by atoms with van der Waals surface area (Å²) >= 11 is 0. The maximum Gasteiger partial charge on any atom is 0.410 e. The van der Waals surface area contributed by atoms with Gasteiger partial charge in [-0.1, -0.05) is 42.5 Å². The first-order valence-electron chi connectivity index (χ1n) is 10.7. The quantitative estimate of drug-likeness (QED) is 0.341. The number of rotatable bonds is 13. The van der Waals surface area contributed by atoms with Crippen LogP contribution in [0.4, 0.5) is 4.79 Å². The molecule has 2 aromatic carbocycles. The van der Waals surface area contributed by atoms with E-state index in [2.05, 4.69) is 0 Å². The molecular weight excluding hydrogens is 410 g/mol. The third-order valence-corrected chi connectivity index (χ3v) is 4.24. The summed E-state index contributed by atoms with van der Waals surface area (Å²) < 4.78 is 22.0. The number of aldehydes is 1. The van der Waals surface area contributed by atoms with Crippen LogP contribution < -0.4 is 4.74 Å². The average molecular weight is 444 g/mol. The number of carbonyl (C=O) groups is 2. The van der Waals surface area contributed by atoms with Crippen molar-refractivity contribution >= 4 is 12.4 Å². The Balaban J connectivity index is 1.94. The number of hydrogen-bond donors (Lipinski definition) is 0. The Bertz CT molecular complexity index is 819. The molecule has 2 rings (SSSR count). The molecule has 0 heterocycles. The monoisotopic (exact) mass is 443 g/mol. The molecule has 0 aliphatic rings. The highest BCUT2D eigenvalue weighted by molar-refractivity contribution is 5.68. The molecule has 0 radical (unpaired) electrons. The van der Waals surface area contributed by atoms with E-state index in [-0.39, 0.29) is 6.61 Å². The van der Waals surface area contributed by atoms with Crippen LogP contribution in [0.25, 0.3) is 0 Å². The fourth-order valence-corrected chi connectivity index (χ4v) is 2.78. The molecule has 0 aliphatic carbocycles. The Hall–Kier alpha value is -2.90. The van der Waals surface area contributed by atoms with Crippen LogP contribution >= 0.6 is 0 Å². The molecule has 0 aliphatic heterocycles. The Morgan fingerprint density at radius 3 is 2.38 bits per heavy atom. The van der Waals surface area contributed by atoms with Crippen molar-refractivity contribution in [1.82, 2.24) is 4.90 Å². The van der Waals surface area contributed by atoms with Crippen LogP contribution in [-0.2, 0) is 32.2 Å². The molecule has 0 bridgehead atoms. The summed E-state index contributed by atoms with van der Waals surface area (Å²) in [5.74, 6) is 0.735. The molecule has 7 heteroatoms. The zero-order chi connectivity index (χ0) is 23.2. The van der Waals surface area contributed by atoms with E-state index < -0.39 is 11.7 Å². The van der Waals surface area contributed by atoms with Crippen LogP contribution in [0.2, 0.25) is 0 Å². The van der Waals surface area contributed by atoms with Gasteiger partial charge in [-0.05, 0) is 44.0 Å². The minimum atomic E-state index is -0.598. The van der Waals surface area contributed by atoms with Crippen molar-refractivity contribution in [2.45, 2.75) is 39.5 Å². The van der Waals surface area contributed by atoms with Gasteiger partial charge in [-0.25, -0.2) is 4.79 Å². The van der Waals surface area contributed by atoms with Crippen LogP contribution in [0, 0.1) is 0 Å². The van der Waals surface area contributed by atoms with E-state index in [0.29, 0.717) is 45.8 Å². The van der Waals surface area contributed by atoms with Gasteiger partial charge in [0.25, 0.3) is 0 Å². The molecule has 1 amide bonds. The topological polar surface area (TPSA) is 74.3 Å². The SMILES string of the molecule is CC(C)(C)OC(=O)N(CCOCCOCC=O)Cc1cccc(OCc2ccccc2)c1. The van der Waals surface area contributed by atoms with Gasteiger partial charge >= 0.3 is 6.09 Å². The van der Waals surface area contributed by atoms with Gasteiger partial charge in [0.05, 0.1) is 19.8 Å². The van der Waals surface area contributed by atoms with Gasteiger partial charge in [0.1, 0.15) is 30.9 Å². The van der Waals surface area contributed by atoms with Crippen molar-refractivity contribution in [2.24, 2.45) is 0 Å². The van der Waals surface area contributed by atoms with Crippen molar-refractivity contribution < 1.29 is 28.5 Å². The van der Waals surface area contributed by atoms with Gasteiger partial charge < -0.3 is 28.6 Å². The highest BCUT2D eigenvalue weighted by atomic mass is 16.6. The highest BCUT2D eigenvalue weighted by Gasteiger charge is 2.22. The molecule has 0 atom stereocenters. The highest BCUT2D eigenvalue weighted by Crippen LogP contribution is 2.18. The first-order chi connectivity index (χ1) is 15.4. The molecular formula is C25H33NO6. The summed E-state index contributed by atoms with van der Waals surface area (Å²) in [6.45, 7) is 7.75. The fraction of sp³-hybridized carbons (Fsp3) is 0.440. The zero-order valence-corrected chi connectivity index (χ0v) is 19.1. The fourth-order valence-electron chi connectivity index (χ4n) is 2.78. The minimum absolute atomic E-state index is 0.0517. The Kier molecular flexibility index (Phi) is 10.7. The summed E-state index contributed by atoms with van der Waals surface area (Å²) in [7, 11) is 0. The van der Waals surface area contributed by atoms with E-state index in [0.717, 1.165) is 16.9 Å². The molecule has 174 valence electrons. The van der Waals surface area contributed by atoms with Crippen LogP contribution in [0.1, 0.15) is 31.9 Å². The standard InChI is InChI=1S/C25H33NO6/c1-25(2,3)32-24(28)26(12-14-29-16-17-30-15-13-27)19-22-10-7-11-23(18-22)31-20-21-8-5-4-6-9-21/h4-11,13,18H,12,14-17,19-20H2,1-3H3. The predicted octanol–water partition coefficient (Wildman–Crippen LogP) is 4.23. The molecule has 0 saturated heterocycles. The number of carbonyl (C=O) groups excluding carboxylic acids is 2. The number of ether oxygens (including phenoxy) is 4. The maximum atomic E-state index is 12.7. The van der Waals surface area contributed by atoms with Gasteiger partial charge in [0, 0.05) is 13.1 Å². The Morgan fingerprint density at radius 1 is 0.938 bits per heavy atom. The second-order valence-electron chi connectivity index (χ2n) is 8.18. The molecule has 0 saturated carbocycles. The summed E-state index contributed by atoms with van der Waals surface area (Å²) in [4.78, 5) is 24.6. The smallest absolute Gasteiger partial charge is 0.410 e. The lowest BCUT2D eigenvalue weighted by Gasteiger charge is -2.27. The summed E-state index contributed by atoms with van der Waals surface area (Å²) in [5, 5.41) is 0.